The summed E-state index contributed by atoms with van der Waals surface area (Å²) in [5.74, 6) is 1.42. The molecule has 0 aliphatic carbocycles. The van der Waals surface area contributed by atoms with Crippen molar-refractivity contribution in [3.05, 3.63) is 84.6 Å². The van der Waals surface area contributed by atoms with Crippen molar-refractivity contribution in [3.63, 3.8) is 0 Å². The molecule has 0 unspecified atom stereocenters. The van der Waals surface area contributed by atoms with E-state index in [1.807, 2.05) is 36.4 Å². The number of pyridine rings is 1. The molecule has 158 valence electrons. The second-order valence-electron chi connectivity index (χ2n) is 7.19. The maximum Gasteiger partial charge on any atom is 0.175 e. The number of rotatable bonds is 7. The summed E-state index contributed by atoms with van der Waals surface area (Å²) in [6, 6.07) is 22.7. The molecule has 3 aromatic carbocycles. The Morgan fingerprint density at radius 1 is 0.968 bits per heavy atom. The van der Waals surface area contributed by atoms with E-state index >= 15 is 0 Å². The van der Waals surface area contributed by atoms with Crippen LogP contribution in [-0.2, 0) is 16.4 Å². The summed E-state index contributed by atoms with van der Waals surface area (Å²) in [4.78, 5) is 4.77. The number of nitrogens with zero attached hydrogens (tertiary/aromatic N) is 1. The van der Waals surface area contributed by atoms with Crippen LogP contribution in [0.1, 0.15) is 5.56 Å². The monoisotopic (exact) mass is 433 g/mol. The molecule has 0 fully saturated rings. The zero-order valence-electron chi connectivity index (χ0n) is 17.3. The molecule has 31 heavy (non-hydrogen) atoms. The zero-order valence-corrected chi connectivity index (χ0v) is 18.1. The van der Waals surface area contributed by atoms with E-state index in [1.54, 1.807) is 37.6 Å². The third-order valence-electron chi connectivity index (χ3n) is 4.96. The van der Waals surface area contributed by atoms with Gasteiger partial charge in [0.1, 0.15) is 11.6 Å². The molecule has 0 aliphatic rings. The van der Waals surface area contributed by atoms with Gasteiger partial charge in [0.05, 0.1) is 17.7 Å². The summed E-state index contributed by atoms with van der Waals surface area (Å²) in [6.45, 7) is 0.665. The normalized spacial score (nSPS) is 11.3. The molecule has 1 aromatic heterocycles. The van der Waals surface area contributed by atoms with Crippen molar-refractivity contribution in [2.24, 2.45) is 0 Å². The third-order valence-corrected chi connectivity index (χ3v) is 6.08. The second-order valence-corrected chi connectivity index (χ2v) is 9.21. The van der Waals surface area contributed by atoms with E-state index in [9.17, 15) is 8.42 Å². The molecule has 4 aromatic rings. The van der Waals surface area contributed by atoms with Crippen molar-refractivity contribution in [3.8, 4) is 5.75 Å². The first-order chi connectivity index (χ1) is 14.9. The van der Waals surface area contributed by atoms with Crippen LogP contribution in [0, 0.1) is 0 Å². The topological polar surface area (TPSA) is 80.3 Å². The fourth-order valence-electron chi connectivity index (χ4n) is 3.32. The highest BCUT2D eigenvalue weighted by atomic mass is 32.2. The van der Waals surface area contributed by atoms with Gasteiger partial charge >= 0.3 is 0 Å². The van der Waals surface area contributed by atoms with Crippen LogP contribution in [0.4, 0.5) is 17.2 Å². The van der Waals surface area contributed by atoms with E-state index in [2.05, 4.69) is 27.8 Å². The highest BCUT2D eigenvalue weighted by Crippen LogP contribution is 2.34. The van der Waals surface area contributed by atoms with E-state index in [0.29, 0.717) is 12.4 Å². The number of sulfone groups is 1. The highest BCUT2D eigenvalue weighted by molar-refractivity contribution is 7.90. The number of methoxy groups -OCH3 is 1. The summed E-state index contributed by atoms with van der Waals surface area (Å²) in [7, 11) is -1.58. The number of aromatic nitrogens is 1. The molecule has 4 rings (SSSR count). The summed E-state index contributed by atoms with van der Waals surface area (Å²) >= 11 is 0. The van der Waals surface area contributed by atoms with Gasteiger partial charge in [0, 0.05) is 30.1 Å². The van der Waals surface area contributed by atoms with Crippen LogP contribution in [0.5, 0.6) is 5.75 Å². The van der Waals surface area contributed by atoms with Gasteiger partial charge in [0.25, 0.3) is 0 Å². The summed E-state index contributed by atoms with van der Waals surface area (Å²) < 4.78 is 29.0. The molecule has 6 nitrogen and oxygen atoms in total. The highest BCUT2D eigenvalue weighted by Gasteiger charge is 2.11. The van der Waals surface area contributed by atoms with Crippen molar-refractivity contribution in [1.29, 1.82) is 0 Å². The predicted octanol–water partition coefficient (Wildman–Crippen LogP) is 5.00. The minimum absolute atomic E-state index is 0.279. The molecule has 0 aliphatic heterocycles. The first kappa shape index (κ1) is 20.7. The Kier molecular flexibility index (Phi) is 5.77. The largest absolute Gasteiger partial charge is 0.495 e. The van der Waals surface area contributed by atoms with Gasteiger partial charge in [0.2, 0.25) is 0 Å². The van der Waals surface area contributed by atoms with Gasteiger partial charge in [-0.05, 0) is 53.4 Å². The number of hydrogen-bond donors (Lipinski definition) is 2. The predicted molar refractivity (Wildman–Crippen MR) is 125 cm³/mol. The van der Waals surface area contributed by atoms with Crippen molar-refractivity contribution in [2.75, 3.05) is 24.0 Å². The molecular formula is C24H23N3O3S. The fraction of sp³-hybridized carbons (Fsp3) is 0.125. The fourth-order valence-corrected chi connectivity index (χ4v) is 3.95. The second kappa shape index (κ2) is 8.65. The number of anilines is 3. The van der Waals surface area contributed by atoms with Crippen LogP contribution in [0.2, 0.25) is 0 Å². The number of nitrogens with one attached hydrogen (secondary N) is 2. The van der Waals surface area contributed by atoms with Crippen molar-refractivity contribution < 1.29 is 13.2 Å². The Labute approximate surface area is 181 Å². The summed E-state index contributed by atoms with van der Waals surface area (Å²) in [6.07, 6.45) is 2.92. The first-order valence-electron chi connectivity index (χ1n) is 9.76. The lowest BCUT2D eigenvalue weighted by molar-refractivity contribution is 0.417. The van der Waals surface area contributed by atoms with E-state index in [0.717, 1.165) is 27.9 Å². The van der Waals surface area contributed by atoms with E-state index in [-0.39, 0.29) is 4.90 Å². The standard InChI is InChI=1S/C24H23N3O3S/c1-30-23-14-18-12-13-25-24(27-19-8-10-20(11-9-19)31(2,28)29)21(18)15-22(23)26-16-17-6-4-3-5-7-17/h3-15,26H,16H2,1-2H3,(H,25,27). The van der Waals surface area contributed by atoms with Gasteiger partial charge in [0.15, 0.2) is 9.84 Å². The lowest BCUT2D eigenvalue weighted by Gasteiger charge is -2.15. The van der Waals surface area contributed by atoms with Crippen LogP contribution in [0.3, 0.4) is 0 Å². The molecule has 2 N–H and O–H groups in total. The molecular weight excluding hydrogens is 410 g/mol. The van der Waals surface area contributed by atoms with Gasteiger partial charge < -0.3 is 15.4 Å². The van der Waals surface area contributed by atoms with Gasteiger partial charge in [-0.25, -0.2) is 13.4 Å². The van der Waals surface area contributed by atoms with Crippen molar-refractivity contribution >= 4 is 37.8 Å². The van der Waals surface area contributed by atoms with E-state index in [4.69, 9.17) is 4.74 Å². The van der Waals surface area contributed by atoms with Crippen LogP contribution in [0.25, 0.3) is 10.8 Å². The summed E-state index contributed by atoms with van der Waals surface area (Å²) in [5, 5.41) is 8.63. The van der Waals surface area contributed by atoms with Gasteiger partial charge in [-0.1, -0.05) is 30.3 Å². The van der Waals surface area contributed by atoms with Crippen LogP contribution in [0.15, 0.2) is 83.9 Å². The quantitative estimate of drug-likeness (QED) is 0.427. The van der Waals surface area contributed by atoms with Crippen LogP contribution >= 0.6 is 0 Å². The molecule has 0 amide bonds. The van der Waals surface area contributed by atoms with Crippen LogP contribution < -0.4 is 15.4 Å². The molecule has 0 saturated heterocycles. The first-order valence-corrected chi connectivity index (χ1v) is 11.6. The summed E-state index contributed by atoms with van der Waals surface area (Å²) in [5.41, 5.74) is 2.78. The average Bonchev–Trinajstić information content (AvgIpc) is 2.78. The molecule has 0 radical (unpaired) electrons. The van der Waals surface area contributed by atoms with Crippen molar-refractivity contribution in [1.82, 2.24) is 4.98 Å². The smallest absolute Gasteiger partial charge is 0.175 e. The van der Waals surface area contributed by atoms with Gasteiger partial charge in [-0.3, -0.25) is 0 Å². The average molecular weight is 434 g/mol. The third kappa shape index (κ3) is 4.78. The number of ether oxygens (including phenoxy) is 1. The maximum absolute atomic E-state index is 11.7. The van der Waals surface area contributed by atoms with E-state index < -0.39 is 9.84 Å². The van der Waals surface area contributed by atoms with Gasteiger partial charge in [-0.15, -0.1) is 0 Å². The van der Waals surface area contributed by atoms with Crippen molar-refractivity contribution in [2.45, 2.75) is 11.4 Å². The lowest BCUT2D eigenvalue weighted by atomic mass is 10.1. The molecule has 7 heteroatoms. The molecule has 0 bridgehead atoms. The number of benzene rings is 3. The number of fused-ring (bicyclic) bond motifs is 1. The number of hydrogen-bond acceptors (Lipinski definition) is 6. The Balaban J connectivity index is 1.66. The maximum atomic E-state index is 11.7. The van der Waals surface area contributed by atoms with E-state index in [1.165, 1.54) is 11.8 Å². The van der Waals surface area contributed by atoms with Crippen LogP contribution in [-0.4, -0.2) is 26.8 Å². The molecule has 0 saturated carbocycles. The zero-order chi connectivity index (χ0) is 21.8. The van der Waals surface area contributed by atoms with Gasteiger partial charge in [-0.2, -0.15) is 0 Å². The molecule has 0 spiro atoms. The molecule has 1 heterocycles. The lowest BCUT2D eigenvalue weighted by Crippen LogP contribution is -2.02. The minimum atomic E-state index is -3.24. The Morgan fingerprint density at radius 3 is 2.39 bits per heavy atom. The Bertz CT molecular complexity index is 1310. The SMILES string of the molecule is COc1cc2ccnc(Nc3ccc(S(C)(=O)=O)cc3)c2cc1NCc1ccccc1. The minimum Gasteiger partial charge on any atom is -0.495 e. The Hall–Kier alpha value is -3.58. The molecule has 0 atom stereocenters. The Morgan fingerprint density at radius 2 is 1.71 bits per heavy atom.